The minimum atomic E-state index is -3.64. The maximum absolute atomic E-state index is 13.6. The Kier molecular flexibility index (Phi) is 4.00. The van der Waals surface area contributed by atoms with Crippen molar-refractivity contribution in [2.45, 2.75) is 24.8 Å². The molecule has 0 unspecified atom stereocenters. The minimum Gasteiger partial charge on any atom is -0.496 e. The second-order valence-electron chi connectivity index (χ2n) is 6.49. The number of sulfonamides is 1. The highest BCUT2D eigenvalue weighted by Crippen LogP contribution is 2.32. The molecule has 1 aliphatic heterocycles. The molecule has 0 saturated carbocycles. The van der Waals surface area contributed by atoms with Gasteiger partial charge in [-0.2, -0.15) is 4.31 Å². The number of rotatable bonds is 3. The van der Waals surface area contributed by atoms with Crippen LogP contribution in [0.1, 0.15) is 16.8 Å². The van der Waals surface area contributed by atoms with Gasteiger partial charge in [0, 0.05) is 36.1 Å². The molecule has 0 radical (unpaired) electrons. The normalized spacial score (nSPS) is 15.2. The van der Waals surface area contributed by atoms with E-state index in [4.69, 9.17) is 4.74 Å². The molecule has 3 aromatic rings. The minimum absolute atomic E-state index is 0.228. The van der Waals surface area contributed by atoms with Crippen LogP contribution in [0.2, 0.25) is 0 Å². The summed E-state index contributed by atoms with van der Waals surface area (Å²) in [5.41, 5.74) is 3.42. The topological polar surface area (TPSA) is 62.4 Å². The van der Waals surface area contributed by atoms with E-state index in [9.17, 15) is 12.8 Å². The van der Waals surface area contributed by atoms with Crippen molar-refractivity contribution in [3.63, 3.8) is 0 Å². The lowest BCUT2D eigenvalue weighted by molar-refractivity contribution is 0.390. The molecule has 0 atom stereocenters. The Labute approximate surface area is 151 Å². The van der Waals surface area contributed by atoms with E-state index in [1.807, 2.05) is 6.92 Å². The maximum atomic E-state index is 13.6. The molecular formula is C19H19FN2O3S. The van der Waals surface area contributed by atoms with Crippen LogP contribution in [0.3, 0.4) is 0 Å². The SMILES string of the molecule is COc1ccc(S(=O)(=O)N2CCc3[nH]c4ccc(F)cc4c3C2)cc1C. The van der Waals surface area contributed by atoms with Crippen LogP contribution in [-0.2, 0) is 23.0 Å². The van der Waals surface area contributed by atoms with Crippen LogP contribution in [0.4, 0.5) is 4.39 Å². The van der Waals surface area contributed by atoms with Crippen molar-refractivity contribution in [1.29, 1.82) is 0 Å². The first kappa shape index (κ1) is 17.1. The number of hydrogen-bond donors (Lipinski definition) is 1. The summed E-state index contributed by atoms with van der Waals surface area (Å²) in [5.74, 6) is 0.321. The number of H-pyrrole nitrogens is 1. The third-order valence-electron chi connectivity index (χ3n) is 4.91. The molecule has 0 aliphatic carbocycles. The largest absolute Gasteiger partial charge is 0.496 e. The predicted octanol–water partition coefficient (Wildman–Crippen LogP) is 3.37. The summed E-state index contributed by atoms with van der Waals surface area (Å²) in [5, 5.41) is 0.741. The van der Waals surface area contributed by atoms with Crippen LogP contribution in [0.15, 0.2) is 41.3 Å². The molecule has 4 rings (SSSR count). The van der Waals surface area contributed by atoms with Crippen molar-refractivity contribution >= 4 is 20.9 Å². The first-order valence-electron chi connectivity index (χ1n) is 8.34. The number of benzene rings is 2. The third-order valence-corrected chi connectivity index (χ3v) is 6.75. The van der Waals surface area contributed by atoms with E-state index < -0.39 is 10.0 Å². The molecule has 1 aliphatic rings. The van der Waals surface area contributed by atoms with Gasteiger partial charge in [0.05, 0.1) is 12.0 Å². The molecule has 7 heteroatoms. The number of hydrogen-bond acceptors (Lipinski definition) is 3. The van der Waals surface area contributed by atoms with Crippen LogP contribution in [0.25, 0.3) is 10.9 Å². The lowest BCUT2D eigenvalue weighted by Gasteiger charge is -2.26. The van der Waals surface area contributed by atoms with Gasteiger partial charge in [-0.15, -0.1) is 0 Å². The van der Waals surface area contributed by atoms with Crippen molar-refractivity contribution in [3.05, 3.63) is 59.0 Å². The Hall–Kier alpha value is -2.38. The highest BCUT2D eigenvalue weighted by molar-refractivity contribution is 7.89. The van der Waals surface area contributed by atoms with Crippen molar-refractivity contribution in [2.24, 2.45) is 0 Å². The second-order valence-corrected chi connectivity index (χ2v) is 8.43. The summed E-state index contributed by atoms with van der Waals surface area (Å²) in [6.07, 6.45) is 0.569. The summed E-state index contributed by atoms with van der Waals surface area (Å²) in [4.78, 5) is 3.52. The summed E-state index contributed by atoms with van der Waals surface area (Å²) in [6, 6.07) is 9.40. The van der Waals surface area contributed by atoms with Gasteiger partial charge < -0.3 is 9.72 Å². The van der Waals surface area contributed by atoms with Gasteiger partial charge in [0.15, 0.2) is 0 Å². The van der Waals surface area contributed by atoms with Gasteiger partial charge in [-0.25, -0.2) is 12.8 Å². The molecule has 2 aromatic carbocycles. The smallest absolute Gasteiger partial charge is 0.243 e. The number of halogens is 1. The molecular weight excluding hydrogens is 355 g/mol. The van der Waals surface area contributed by atoms with Gasteiger partial charge >= 0.3 is 0 Å². The fraction of sp³-hybridized carbons (Fsp3) is 0.263. The van der Waals surface area contributed by atoms with Crippen LogP contribution in [-0.4, -0.2) is 31.4 Å². The summed E-state index contributed by atoms with van der Waals surface area (Å²) in [6.45, 7) is 2.43. The van der Waals surface area contributed by atoms with E-state index in [-0.39, 0.29) is 17.3 Å². The maximum Gasteiger partial charge on any atom is 0.243 e. The number of methoxy groups -OCH3 is 1. The number of aromatic nitrogens is 1. The lowest BCUT2D eigenvalue weighted by atomic mass is 10.1. The van der Waals surface area contributed by atoms with E-state index in [1.54, 1.807) is 31.4 Å². The monoisotopic (exact) mass is 374 g/mol. The first-order chi connectivity index (χ1) is 12.4. The second kappa shape index (κ2) is 6.10. The number of aromatic amines is 1. The quantitative estimate of drug-likeness (QED) is 0.765. The number of ether oxygens (including phenoxy) is 1. The van der Waals surface area contributed by atoms with Crippen molar-refractivity contribution in [2.75, 3.05) is 13.7 Å². The Bertz CT molecular complexity index is 1110. The van der Waals surface area contributed by atoms with Crippen LogP contribution < -0.4 is 4.74 Å². The Balaban J connectivity index is 1.72. The van der Waals surface area contributed by atoms with Gasteiger partial charge in [0.2, 0.25) is 10.0 Å². The zero-order valence-electron chi connectivity index (χ0n) is 14.5. The fourth-order valence-electron chi connectivity index (χ4n) is 3.53. The molecule has 1 aromatic heterocycles. The Morgan fingerprint density at radius 3 is 2.73 bits per heavy atom. The van der Waals surface area contributed by atoms with Crippen molar-refractivity contribution in [1.82, 2.24) is 9.29 Å². The highest BCUT2D eigenvalue weighted by atomic mass is 32.2. The van der Waals surface area contributed by atoms with Crippen LogP contribution in [0, 0.1) is 12.7 Å². The van der Waals surface area contributed by atoms with Crippen LogP contribution in [0.5, 0.6) is 5.75 Å². The summed E-state index contributed by atoms with van der Waals surface area (Å²) < 4.78 is 46.4. The Morgan fingerprint density at radius 1 is 1.19 bits per heavy atom. The van der Waals surface area contributed by atoms with Crippen molar-refractivity contribution in [3.8, 4) is 5.75 Å². The number of nitrogens with zero attached hydrogens (tertiary/aromatic N) is 1. The molecule has 5 nitrogen and oxygen atoms in total. The fourth-order valence-corrected chi connectivity index (χ4v) is 5.02. The molecule has 136 valence electrons. The van der Waals surface area contributed by atoms with Gasteiger partial charge in [0.25, 0.3) is 0 Å². The van der Waals surface area contributed by atoms with Gasteiger partial charge in [-0.3, -0.25) is 0 Å². The number of aryl methyl sites for hydroxylation is 1. The lowest BCUT2D eigenvalue weighted by Crippen LogP contribution is -2.35. The van der Waals surface area contributed by atoms with E-state index in [0.29, 0.717) is 18.7 Å². The summed E-state index contributed by atoms with van der Waals surface area (Å²) >= 11 is 0. The average molecular weight is 374 g/mol. The molecule has 2 heterocycles. The Morgan fingerprint density at radius 2 is 2.00 bits per heavy atom. The zero-order chi connectivity index (χ0) is 18.5. The van der Waals surface area contributed by atoms with E-state index in [2.05, 4.69) is 4.98 Å². The zero-order valence-corrected chi connectivity index (χ0v) is 15.4. The highest BCUT2D eigenvalue weighted by Gasteiger charge is 2.30. The summed E-state index contributed by atoms with van der Waals surface area (Å²) in [7, 11) is -2.08. The molecule has 0 saturated heterocycles. The predicted molar refractivity (Wildman–Crippen MR) is 97.3 cm³/mol. The van der Waals surface area contributed by atoms with Crippen LogP contribution >= 0.6 is 0 Å². The van der Waals surface area contributed by atoms with E-state index in [1.165, 1.54) is 16.4 Å². The standard InChI is InChI=1S/C19H19FN2O3S/c1-12-9-14(4-6-19(12)25-2)26(23,24)22-8-7-18-16(11-22)15-10-13(20)3-5-17(15)21-18/h3-6,9-10,21H,7-8,11H2,1-2H3. The molecule has 0 fully saturated rings. The number of nitrogens with one attached hydrogen (secondary N) is 1. The molecule has 1 N–H and O–H groups in total. The van der Waals surface area contributed by atoms with Gasteiger partial charge in [-0.05, 0) is 54.4 Å². The number of fused-ring (bicyclic) bond motifs is 3. The molecule has 26 heavy (non-hydrogen) atoms. The molecule has 0 amide bonds. The first-order valence-corrected chi connectivity index (χ1v) is 9.78. The third kappa shape index (κ3) is 2.68. The molecule has 0 spiro atoms. The van der Waals surface area contributed by atoms with E-state index in [0.717, 1.165) is 27.7 Å². The van der Waals surface area contributed by atoms with E-state index >= 15 is 0 Å². The van der Waals surface area contributed by atoms with Gasteiger partial charge in [-0.1, -0.05) is 0 Å². The average Bonchev–Trinajstić information content (AvgIpc) is 2.98. The van der Waals surface area contributed by atoms with Crippen molar-refractivity contribution < 1.29 is 17.5 Å². The van der Waals surface area contributed by atoms with Gasteiger partial charge in [0.1, 0.15) is 11.6 Å². The molecule has 0 bridgehead atoms.